The number of rotatable bonds is 5. The summed E-state index contributed by atoms with van der Waals surface area (Å²) in [7, 11) is 3.81. The highest BCUT2D eigenvalue weighted by Crippen LogP contribution is 2.37. The fourth-order valence-electron chi connectivity index (χ4n) is 3.09. The van der Waals surface area contributed by atoms with Crippen LogP contribution in [-0.4, -0.2) is 37.3 Å². The van der Waals surface area contributed by atoms with Crippen LogP contribution >= 0.6 is 11.3 Å². The smallest absolute Gasteiger partial charge is 0.164 e. The third-order valence-corrected chi connectivity index (χ3v) is 5.47. The zero-order valence-corrected chi connectivity index (χ0v) is 16.4. The van der Waals surface area contributed by atoms with Crippen molar-refractivity contribution in [2.45, 2.75) is 39.8 Å². The normalized spacial score (nSPS) is 15.1. The Morgan fingerprint density at radius 2 is 1.92 bits per heavy atom. The molecule has 1 aromatic heterocycles. The maximum absolute atomic E-state index is 5.83. The van der Waals surface area contributed by atoms with Crippen LogP contribution in [0.3, 0.4) is 0 Å². The van der Waals surface area contributed by atoms with Gasteiger partial charge in [-0.15, -0.1) is 11.3 Å². The van der Waals surface area contributed by atoms with Gasteiger partial charge in [-0.3, -0.25) is 4.90 Å². The van der Waals surface area contributed by atoms with Crippen LogP contribution in [0.15, 0.2) is 12.1 Å². The summed E-state index contributed by atoms with van der Waals surface area (Å²) in [6.45, 7) is 8.49. The Labute approximate surface area is 153 Å². The molecule has 136 valence electrons. The van der Waals surface area contributed by atoms with Crippen LogP contribution in [0.4, 0.5) is 0 Å². The fraction of sp³-hybridized carbons (Fsp3) is 0.526. The second-order valence-electron chi connectivity index (χ2n) is 6.43. The van der Waals surface area contributed by atoms with Crippen LogP contribution < -0.4 is 14.2 Å². The van der Waals surface area contributed by atoms with E-state index in [9.17, 15) is 0 Å². The number of nitrogens with zero attached hydrogens (tertiary/aromatic N) is 2. The molecule has 0 spiro atoms. The van der Waals surface area contributed by atoms with Gasteiger partial charge in [0, 0.05) is 29.5 Å². The number of ether oxygens (including phenoxy) is 3. The summed E-state index contributed by atoms with van der Waals surface area (Å²) in [6, 6.07) is 4.21. The lowest BCUT2D eigenvalue weighted by Crippen LogP contribution is -2.23. The lowest BCUT2D eigenvalue weighted by atomic mass is 10.1. The minimum absolute atomic E-state index is 0.227. The van der Waals surface area contributed by atoms with Gasteiger partial charge in [-0.1, -0.05) is 0 Å². The first-order valence-corrected chi connectivity index (χ1v) is 9.42. The highest BCUT2D eigenvalue weighted by molar-refractivity contribution is 7.11. The lowest BCUT2D eigenvalue weighted by molar-refractivity contribution is 0.243. The van der Waals surface area contributed by atoms with E-state index < -0.39 is 0 Å². The first-order chi connectivity index (χ1) is 12.0. The molecule has 0 fully saturated rings. The Hall–Kier alpha value is -1.79. The molecule has 0 amide bonds. The van der Waals surface area contributed by atoms with Crippen LogP contribution in [0.25, 0.3) is 0 Å². The average Bonchev–Trinajstić information content (AvgIpc) is 2.79. The Kier molecular flexibility index (Phi) is 5.49. The molecular weight excluding hydrogens is 336 g/mol. The van der Waals surface area contributed by atoms with Crippen molar-refractivity contribution in [1.82, 2.24) is 9.88 Å². The molecule has 0 saturated heterocycles. The topological polar surface area (TPSA) is 43.8 Å². The van der Waals surface area contributed by atoms with Gasteiger partial charge in [-0.05, 0) is 33.9 Å². The van der Waals surface area contributed by atoms with E-state index in [2.05, 4.69) is 32.7 Å². The summed E-state index contributed by atoms with van der Waals surface area (Å²) >= 11 is 1.75. The van der Waals surface area contributed by atoms with Gasteiger partial charge < -0.3 is 14.2 Å². The van der Waals surface area contributed by atoms with Crippen LogP contribution in [0.2, 0.25) is 0 Å². The molecule has 6 heteroatoms. The molecule has 0 N–H and O–H groups in total. The second-order valence-corrected chi connectivity index (χ2v) is 7.83. The van der Waals surface area contributed by atoms with Crippen molar-refractivity contribution >= 4 is 11.3 Å². The number of fused-ring (bicyclic) bond motifs is 1. The molecule has 0 saturated carbocycles. The molecule has 5 nitrogen and oxygen atoms in total. The molecule has 3 rings (SSSR count). The molecule has 1 aliphatic heterocycles. The van der Waals surface area contributed by atoms with E-state index >= 15 is 0 Å². The van der Waals surface area contributed by atoms with Crippen molar-refractivity contribution in [3.05, 3.63) is 33.3 Å². The first kappa shape index (κ1) is 18.0. The van der Waals surface area contributed by atoms with Gasteiger partial charge in [-0.25, -0.2) is 4.98 Å². The van der Waals surface area contributed by atoms with Crippen molar-refractivity contribution in [1.29, 1.82) is 0 Å². The van der Waals surface area contributed by atoms with Crippen molar-refractivity contribution in [2.24, 2.45) is 0 Å². The number of aryl methyl sites for hydroxylation is 2. The Balaban J connectivity index is 1.83. The zero-order valence-electron chi connectivity index (χ0n) is 15.6. The van der Waals surface area contributed by atoms with Crippen molar-refractivity contribution in [2.75, 3.05) is 27.4 Å². The van der Waals surface area contributed by atoms with E-state index in [0.29, 0.717) is 13.2 Å². The lowest BCUT2D eigenvalue weighted by Gasteiger charge is -2.25. The Morgan fingerprint density at radius 1 is 1.24 bits per heavy atom. The van der Waals surface area contributed by atoms with Gasteiger partial charge in [0.1, 0.15) is 5.75 Å². The molecule has 0 aliphatic carbocycles. The van der Waals surface area contributed by atoms with Gasteiger partial charge in [0.2, 0.25) is 0 Å². The van der Waals surface area contributed by atoms with E-state index in [-0.39, 0.29) is 6.04 Å². The standard InChI is InChI=1S/C19H26N2O3S/c1-12(19-13(2)25-14(3)20-19)21(4)11-15-9-17-18(10-16(15)22-5)24-8-6-7-23-17/h9-10,12H,6-8,11H2,1-5H3/t12-/m1/s1. The first-order valence-electron chi connectivity index (χ1n) is 8.60. The highest BCUT2D eigenvalue weighted by Gasteiger charge is 2.21. The zero-order chi connectivity index (χ0) is 18.0. The summed E-state index contributed by atoms with van der Waals surface area (Å²) in [5.41, 5.74) is 2.24. The molecule has 2 heterocycles. The number of benzene rings is 1. The fourth-order valence-corrected chi connectivity index (χ4v) is 4.00. The summed E-state index contributed by atoms with van der Waals surface area (Å²) in [4.78, 5) is 8.26. The van der Waals surface area contributed by atoms with Crippen LogP contribution in [0, 0.1) is 13.8 Å². The summed E-state index contributed by atoms with van der Waals surface area (Å²) in [5, 5.41) is 1.11. The number of hydrogen-bond donors (Lipinski definition) is 0. The molecule has 0 radical (unpaired) electrons. The minimum atomic E-state index is 0.227. The average molecular weight is 362 g/mol. The molecule has 25 heavy (non-hydrogen) atoms. The minimum Gasteiger partial charge on any atom is -0.496 e. The number of aromatic nitrogens is 1. The van der Waals surface area contributed by atoms with Gasteiger partial charge in [-0.2, -0.15) is 0 Å². The molecule has 1 aliphatic rings. The highest BCUT2D eigenvalue weighted by atomic mass is 32.1. The third-order valence-electron chi connectivity index (χ3n) is 4.57. The van der Waals surface area contributed by atoms with Crippen molar-refractivity contribution < 1.29 is 14.2 Å². The van der Waals surface area contributed by atoms with Gasteiger partial charge in [0.05, 0.1) is 37.1 Å². The predicted molar refractivity (Wildman–Crippen MR) is 100 cm³/mol. The second kappa shape index (κ2) is 7.62. The molecule has 1 aromatic carbocycles. The molecule has 0 unspecified atom stereocenters. The monoisotopic (exact) mass is 362 g/mol. The molecular formula is C19H26N2O3S. The van der Waals surface area contributed by atoms with E-state index in [0.717, 1.165) is 46.5 Å². The summed E-state index contributed by atoms with van der Waals surface area (Å²) in [6.07, 6.45) is 0.895. The van der Waals surface area contributed by atoms with Crippen molar-refractivity contribution in [3.8, 4) is 17.2 Å². The molecule has 0 bridgehead atoms. The van der Waals surface area contributed by atoms with E-state index in [4.69, 9.17) is 19.2 Å². The maximum atomic E-state index is 5.83. The SMILES string of the molecule is COc1cc2c(cc1CN(C)[C@H](C)c1nc(C)sc1C)OCCCO2. The van der Waals surface area contributed by atoms with E-state index in [1.807, 2.05) is 12.1 Å². The van der Waals surface area contributed by atoms with Gasteiger partial charge in [0.25, 0.3) is 0 Å². The molecule has 1 atom stereocenters. The van der Waals surface area contributed by atoms with Crippen molar-refractivity contribution in [3.63, 3.8) is 0 Å². The third kappa shape index (κ3) is 3.90. The number of thiazole rings is 1. The van der Waals surface area contributed by atoms with E-state index in [1.54, 1.807) is 18.4 Å². The van der Waals surface area contributed by atoms with Gasteiger partial charge >= 0.3 is 0 Å². The largest absolute Gasteiger partial charge is 0.496 e. The van der Waals surface area contributed by atoms with Crippen LogP contribution in [0.1, 0.15) is 40.5 Å². The predicted octanol–water partition coefficient (Wildman–Crippen LogP) is 4.12. The van der Waals surface area contributed by atoms with Gasteiger partial charge in [0.15, 0.2) is 11.5 Å². The number of hydrogen-bond acceptors (Lipinski definition) is 6. The van der Waals surface area contributed by atoms with E-state index in [1.165, 1.54) is 4.88 Å². The van der Waals surface area contributed by atoms with Crippen LogP contribution in [-0.2, 0) is 6.54 Å². The quantitative estimate of drug-likeness (QED) is 0.800. The Bertz CT molecular complexity index is 745. The summed E-state index contributed by atoms with van der Waals surface area (Å²) in [5.74, 6) is 2.39. The Morgan fingerprint density at radius 3 is 2.52 bits per heavy atom. The van der Waals surface area contributed by atoms with Crippen LogP contribution in [0.5, 0.6) is 17.2 Å². The number of methoxy groups -OCH3 is 1. The maximum Gasteiger partial charge on any atom is 0.164 e. The molecule has 2 aromatic rings. The summed E-state index contributed by atoms with van der Waals surface area (Å²) < 4.78 is 17.2.